The van der Waals surface area contributed by atoms with Crippen LogP contribution in [0.1, 0.15) is 39.0 Å². The van der Waals surface area contributed by atoms with Crippen LogP contribution < -0.4 is 0 Å². The van der Waals surface area contributed by atoms with E-state index in [1.807, 2.05) is 0 Å². The second-order valence-electron chi connectivity index (χ2n) is 5.51. The maximum absolute atomic E-state index is 11.7. The number of carbonyl (C=O) groups excluding carboxylic acids is 1. The third kappa shape index (κ3) is 3.04. The lowest BCUT2D eigenvalue weighted by Gasteiger charge is -2.34. The van der Waals surface area contributed by atoms with Crippen molar-refractivity contribution < 1.29 is 9.53 Å². The fourth-order valence-corrected chi connectivity index (χ4v) is 3.56. The molecule has 104 valence electrons. The molecule has 0 bridgehead atoms. The average molecular weight is 254 g/mol. The van der Waals surface area contributed by atoms with Gasteiger partial charge in [-0.15, -0.1) is 0 Å². The molecular weight excluding hydrogens is 228 g/mol. The van der Waals surface area contributed by atoms with Gasteiger partial charge in [-0.25, -0.2) is 0 Å². The number of methoxy groups -OCH3 is 1. The Morgan fingerprint density at radius 2 is 1.94 bits per heavy atom. The highest BCUT2D eigenvalue weighted by Gasteiger charge is 2.38. The summed E-state index contributed by atoms with van der Waals surface area (Å²) in [5.41, 5.74) is 0. The summed E-state index contributed by atoms with van der Waals surface area (Å²) in [7, 11) is 1.76. The van der Waals surface area contributed by atoms with Crippen molar-refractivity contribution in [3.63, 3.8) is 0 Å². The molecule has 0 spiro atoms. The van der Waals surface area contributed by atoms with Crippen molar-refractivity contribution in [1.82, 2.24) is 9.80 Å². The molecule has 2 fully saturated rings. The van der Waals surface area contributed by atoms with Gasteiger partial charge in [-0.1, -0.05) is 0 Å². The molecule has 0 unspecified atom stereocenters. The number of ether oxygens (including phenoxy) is 1. The third-order valence-corrected chi connectivity index (χ3v) is 4.36. The summed E-state index contributed by atoms with van der Waals surface area (Å²) in [5.74, 6) is 0.251. The summed E-state index contributed by atoms with van der Waals surface area (Å²) in [6, 6.07) is 1.06. The molecule has 2 rings (SSSR count). The van der Waals surface area contributed by atoms with Gasteiger partial charge in [0, 0.05) is 45.8 Å². The first-order chi connectivity index (χ1) is 8.74. The molecule has 2 aliphatic rings. The largest absolute Gasteiger partial charge is 0.385 e. The van der Waals surface area contributed by atoms with Crippen LogP contribution >= 0.6 is 0 Å². The second-order valence-corrected chi connectivity index (χ2v) is 5.51. The molecule has 0 saturated carbocycles. The van der Waals surface area contributed by atoms with E-state index >= 15 is 0 Å². The van der Waals surface area contributed by atoms with Gasteiger partial charge in [0.2, 0.25) is 5.91 Å². The average Bonchev–Trinajstić information content (AvgIpc) is 2.96. The van der Waals surface area contributed by atoms with E-state index in [9.17, 15) is 4.79 Å². The Labute approximate surface area is 110 Å². The van der Waals surface area contributed by atoms with Gasteiger partial charge in [-0.3, -0.25) is 9.69 Å². The van der Waals surface area contributed by atoms with E-state index in [0.29, 0.717) is 12.1 Å². The van der Waals surface area contributed by atoms with E-state index in [1.165, 1.54) is 32.2 Å². The van der Waals surface area contributed by atoms with Crippen LogP contribution in [0.3, 0.4) is 0 Å². The van der Waals surface area contributed by atoms with E-state index in [-0.39, 0.29) is 5.91 Å². The Hall–Kier alpha value is -0.610. The van der Waals surface area contributed by atoms with Crippen molar-refractivity contribution >= 4 is 5.91 Å². The smallest absolute Gasteiger partial charge is 0.219 e. The third-order valence-electron chi connectivity index (χ3n) is 4.36. The molecule has 2 atom stereocenters. The Bertz CT molecular complexity index is 283. The molecule has 0 aromatic rings. The van der Waals surface area contributed by atoms with Crippen molar-refractivity contribution in [2.24, 2.45) is 0 Å². The van der Waals surface area contributed by atoms with Gasteiger partial charge < -0.3 is 9.64 Å². The Balaban J connectivity index is 1.91. The minimum absolute atomic E-state index is 0.251. The van der Waals surface area contributed by atoms with Crippen LogP contribution in [-0.2, 0) is 9.53 Å². The molecular formula is C14H26N2O2. The van der Waals surface area contributed by atoms with E-state index in [1.54, 1.807) is 14.0 Å². The number of nitrogens with zero attached hydrogens (tertiary/aromatic N) is 2. The lowest BCUT2D eigenvalue weighted by atomic mass is 10.0. The van der Waals surface area contributed by atoms with Crippen molar-refractivity contribution in [2.45, 2.75) is 51.1 Å². The minimum Gasteiger partial charge on any atom is -0.385 e. The normalized spacial score (nSPS) is 29.1. The van der Waals surface area contributed by atoms with Gasteiger partial charge in [0.15, 0.2) is 0 Å². The Morgan fingerprint density at radius 1 is 1.22 bits per heavy atom. The topological polar surface area (TPSA) is 32.8 Å². The first kappa shape index (κ1) is 13.8. The molecule has 0 radical (unpaired) electrons. The van der Waals surface area contributed by atoms with Gasteiger partial charge in [0.1, 0.15) is 0 Å². The highest BCUT2D eigenvalue weighted by molar-refractivity contribution is 5.74. The van der Waals surface area contributed by atoms with Gasteiger partial charge in [0.25, 0.3) is 0 Å². The van der Waals surface area contributed by atoms with E-state index in [2.05, 4.69) is 9.80 Å². The monoisotopic (exact) mass is 254 g/mol. The lowest BCUT2D eigenvalue weighted by molar-refractivity contribution is -0.130. The summed E-state index contributed by atoms with van der Waals surface area (Å²) in [4.78, 5) is 16.3. The minimum atomic E-state index is 0.251. The quantitative estimate of drug-likeness (QED) is 0.697. The molecule has 0 N–H and O–H groups in total. The predicted molar refractivity (Wildman–Crippen MR) is 71.5 cm³/mol. The molecule has 4 heteroatoms. The van der Waals surface area contributed by atoms with Gasteiger partial charge >= 0.3 is 0 Å². The Morgan fingerprint density at radius 3 is 2.67 bits per heavy atom. The fraction of sp³-hybridized carbons (Fsp3) is 0.929. The van der Waals surface area contributed by atoms with Crippen molar-refractivity contribution in [3.8, 4) is 0 Å². The van der Waals surface area contributed by atoms with Crippen molar-refractivity contribution in [1.29, 1.82) is 0 Å². The van der Waals surface area contributed by atoms with Crippen LogP contribution in [0.2, 0.25) is 0 Å². The van der Waals surface area contributed by atoms with E-state index < -0.39 is 0 Å². The number of rotatable bonds is 5. The molecule has 2 saturated heterocycles. The molecule has 0 aromatic heterocycles. The van der Waals surface area contributed by atoms with E-state index in [0.717, 1.165) is 26.1 Å². The summed E-state index contributed by atoms with van der Waals surface area (Å²) in [6.07, 6.45) is 5.98. The molecule has 4 nitrogen and oxygen atoms in total. The van der Waals surface area contributed by atoms with Crippen LogP contribution in [0.5, 0.6) is 0 Å². The number of likely N-dealkylation sites (tertiary alicyclic amines) is 2. The lowest BCUT2D eigenvalue weighted by Crippen LogP contribution is -2.48. The van der Waals surface area contributed by atoms with Crippen LogP contribution in [0.15, 0.2) is 0 Å². The maximum atomic E-state index is 11.7. The number of amides is 1. The first-order valence-electron chi connectivity index (χ1n) is 7.24. The number of hydrogen-bond acceptors (Lipinski definition) is 3. The number of hydrogen-bond donors (Lipinski definition) is 0. The van der Waals surface area contributed by atoms with Crippen LogP contribution in [0.4, 0.5) is 0 Å². The van der Waals surface area contributed by atoms with Gasteiger partial charge in [-0.2, -0.15) is 0 Å². The van der Waals surface area contributed by atoms with Crippen LogP contribution in [-0.4, -0.2) is 61.1 Å². The van der Waals surface area contributed by atoms with Gasteiger partial charge in [0.05, 0.1) is 0 Å². The summed E-state index contributed by atoms with van der Waals surface area (Å²) in [6.45, 7) is 5.81. The zero-order chi connectivity index (χ0) is 13.0. The van der Waals surface area contributed by atoms with Crippen molar-refractivity contribution in [2.75, 3.05) is 33.4 Å². The maximum Gasteiger partial charge on any atom is 0.219 e. The molecule has 0 aliphatic carbocycles. The summed E-state index contributed by atoms with van der Waals surface area (Å²) < 4.78 is 5.13. The predicted octanol–water partition coefficient (Wildman–Crippen LogP) is 1.50. The van der Waals surface area contributed by atoms with Crippen LogP contribution in [0.25, 0.3) is 0 Å². The molecule has 18 heavy (non-hydrogen) atoms. The Kier molecular flexibility index (Phi) is 5.01. The standard InChI is InChI=1S/C14H26N2O2/c1-12(17)16-10-4-7-14(16)13-6-3-8-15(13)9-5-11-18-2/h13-14H,3-11H2,1-2H3/t13-,14-/m1/s1. The summed E-state index contributed by atoms with van der Waals surface area (Å²) >= 11 is 0. The zero-order valence-electron chi connectivity index (χ0n) is 11.7. The molecule has 0 aromatic carbocycles. The summed E-state index contributed by atoms with van der Waals surface area (Å²) in [5, 5.41) is 0. The SMILES string of the molecule is COCCCN1CCC[C@@H]1[C@H]1CCCN1C(C)=O. The fourth-order valence-electron chi connectivity index (χ4n) is 3.56. The van der Waals surface area contributed by atoms with Crippen molar-refractivity contribution in [3.05, 3.63) is 0 Å². The first-order valence-corrected chi connectivity index (χ1v) is 7.24. The number of carbonyl (C=O) groups is 1. The van der Waals surface area contributed by atoms with Crippen LogP contribution in [0, 0.1) is 0 Å². The molecule has 2 aliphatic heterocycles. The zero-order valence-corrected chi connectivity index (χ0v) is 11.7. The highest BCUT2D eigenvalue weighted by Crippen LogP contribution is 2.30. The molecule has 1 amide bonds. The van der Waals surface area contributed by atoms with Gasteiger partial charge in [-0.05, 0) is 38.6 Å². The molecule has 2 heterocycles. The van der Waals surface area contributed by atoms with E-state index in [4.69, 9.17) is 4.74 Å². The highest BCUT2D eigenvalue weighted by atomic mass is 16.5. The second kappa shape index (κ2) is 6.53.